The van der Waals surface area contributed by atoms with Gasteiger partial charge >= 0.3 is 11.4 Å². The number of allylic oxidation sites excluding steroid dienone is 1. The summed E-state index contributed by atoms with van der Waals surface area (Å²) in [6, 6.07) is 9.06. The summed E-state index contributed by atoms with van der Waals surface area (Å²) in [5.41, 5.74) is 2.83. The van der Waals surface area contributed by atoms with Crippen LogP contribution in [0, 0.1) is 0 Å². The Balaban J connectivity index is 1.78. The summed E-state index contributed by atoms with van der Waals surface area (Å²) in [6.07, 6.45) is 2.01. The molecule has 3 aromatic rings. The van der Waals surface area contributed by atoms with E-state index in [2.05, 4.69) is 22.4 Å². The average Bonchev–Trinajstić information content (AvgIpc) is 3.35. The minimum absolute atomic E-state index is 0.186. The molecule has 5 rings (SSSR count). The molecule has 2 heterocycles. The van der Waals surface area contributed by atoms with E-state index in [1.54, 1.807) is 28.2 Å². The molecule has 0 amide bonds. The van der Waals surface area contributed by atoms with Gasteiger partial charge in [-0.1, -0.05) is 30.4 Å². The monoisotopic (exact) mass is 365 g/mol. The van der Waals surface area contributed by atoms with Crippen molar-refractivity contribution in [3.8, 4) is 5.69 Å². The van der Waals surface area contributed by atoms with E-state index in [1.807, 2.05) is 25.1 Å². The number of nitrogens with zero attached hydrogens (tertiary/aromatic N) is 2. The number of nitrogens with one attached hydrogen (secondary N) is 1. The number of aromatic nitrogens is 3. The van der Waals surface area contributed by atoms with Crippen LogP contribution in [0.5, 0.6) is 0 Å². The highest BCUT2D eigenvalue weighted by atomic mass is 32.1. The van der Waals surface area contributed by atoms with Crippen LogP contribution in [0.3, 0.4) is 0 Å². The Labute approximate surface area is 154 Å². The van der Waals surface area contributed by atoms with Gasteiger partial charge in [0.2, 0.25) is 0 Å². The molecule has 1 fully saturated rings. The quantitative estimate of drug-likeness (QED) is 0.724. The number of aromatic amines is 1. The fourth-order valence-electron chi connectivity index (χ4n) is 5.22. The lowest BCUT2D eigenvalue weighted by Crippen LogP contribution is -2.45. The molecule has 2 aliphatic carbocycles. The number of fused-ring (bicyclic) bond motifs is 5. The number of hydrogen-bond donors (Lipinski definition) is 1. The smallest absolute Gasteiger partial charge is 0.246 e. The first-order valence-corrected chi connectivity index (χ1v) is 9.73. The van der Waals surface area contributed by atoms with Crippen molar-refractivity contribution >= 4 is 11.3 Å². The zero-order valence-corrected chi connectivity index (χ0v) is 15.3. The molecule has 0 radical (unpaired) electrons. The number of rotatable bonds is 3. The summed E-state index contributed by atoms with van der Waals surface area (Å²) in [5, 5.41) is 7.23. The lowest BCUT2D eigenvalue weighted by Gasteiger charge is -2.35. The maximum atomic E-state index is 13.3. The van der Waals surface area contributed by atoms with E-state index >= 15 is 0 Å². The van der Waals surface area contributed by atoms with E-state index in [0.717, 1.165) is 18.4 Å². The van der Waals surface area contributed by atoms with Gasteiger partial charge in [-0.2, -0.15) is 11.3 Å². The van der Waals surface area contributed by atoms with Crippen LogP contribution in [-0.2, 0) is 5.54 Å². The van der Waals surface area contributed by atoms with E-state index in [4.69, 9.17) is 0 Å². The maximum absolute atomic E-state index is 13.3. The van der Waals surface area contributed by atoms with Crippen LogP contribution in [0.1, 0.15) is 42.7 Å². The average molecular weight is 365 g/mol. The number of hydrogen-bond acceptors (Lipinski definition) is 3. The molecule has 1 saturated carbocycles. The lowest BCUT2D eigenvalue weighted by molar-refractivity contribution is 0.269. The zero-order chi connectivity index (χ0) is 18.1. The van der Waals surface area contributed by atoms with Crippen molar-refractivity contribution < 1.29 is 0 Å². The van der Waals surface area contributed by atoms with E-state index in [0.29, 0.717) is 5.69 Å². The van der Waals surface area contributed by atoms with Gasteiger partial charge in [0.1, 0.15) is 5.54 Å². The predicted molar refractivity (Wildman–Crippen MR) is 102 cm³/mol. The normalized spacial score (nSPS) is 26.2. The minimum Gasteiger partial charge on any atom is -0.246 e. The maximum Gasteiger partial charge on any atom is 0.352 e. The van der Waals surface area contributed by atoms with Gasteiger partial charge in [-0.3, -0.25) is 0 Å². The van der Waals surface area contributed by atoms with Crippen molar-refractivity contribution in [1.82, 2.24) is 14.3 Å². The number of H-pyrrole nitrogens is 1. The minimum atomic E-state index is -0.574. The van der Waals surface area contributed by atoms with Gasteiger partial charge in [0.05, 0.1) is 5.69 Å². The van der Waals surface area contributed by atoms with E-state index < -0.39 is 11.2 Å². The topological polar surface area (TPSA) is 59.8 Å². The van der Waals surface area contributed by atoms with Crippen LogP contribution in [0.25, 0.3) is 5.69 Å². The summed E-state index contributed by atoms with van der Waals surface area (Å²) in [6.45, 7) is 6.23. The second-order valence-corrected chi connectivity index (χ2v) is 8.02. The van der Waals surface area contributed by atoms with Crippen LogP contribution < -0.4 is 11.4 Å². The Bertz CT molecular complexity index is 1110. The van der Waals surface area contributed by atoms with Gasteiger partial charge in [-0.25, -0.2) is 23.9 Å². The van der Waals surface area contributed by atoms with Crippen LogP contribution in [0.4, 0.5) is 0 Å². The van der Waals surface area contributed by atoms with Crippen LogP contribution in [-0.4, -0.2) is 14.3 Å². The molecule has 5 nitrogen and oxygen atoms in total. The molecule has 1 N–H and O–H groups in total. The van der Waals surface area contributed by atoms with Crippen molar-refractivity contribution in [2.75, 3.05) is 0 Å². The molecule has 2 aromatic heterocycles. The second kappa shape index (κ2) is 5.20. The third-order valence-electron chi connectivity index (χ3n) is 6.14. The molecule has 2 bridgehead atoms. The molecule has 2 unspecified atom stereocenters. The lowest BCUT2D eigenvalue weighted by atomic mass is 9.79. The SMILES string of the molecule is C=C(C)C1(n2[nH]c(=O)n(-c3ccccc3)c2=O)C2CCC1c1cscc12. The highest BCUT2D eigenvalue weighted by Gasteiger charge is 2.60. The Morgan fingerprint density at radius 1 is 1.15 bits per heavy atom. The number of benzene rings is 1. The fraction of sp³-hybridized carbons (Fsp3) is 0.300. The molecular weight excluding hydrogens is 346 g/mol. The molecule has 2 atom stereocenters. The molecule has 26 heavy (non-hydrogen) atoms. The molecule has 6 heteroatoms. The molecule has 0 saturated heterocycles. The summed E-state index contributed by atoms with van der Waals surface area (Å²) in [7, 11) is 0. The van der Waals surface area contributed by atoms with Crippen molar-refractivity contribution in [3.63, 3.8) is 0 Å². The highest BCUT2D eigenvalue weighted by molar-refractivity contribution is 7.08. The summed E-state index contributed by atoms with van der Waals surface area (Å²) < 4.78 is 2.79. The van der Waals surface area contributed by atoms with Crippen molar-refractivity contribution in [3.05, 3.63) is 85.3 Å². The molecule has 0 spiro atoms. The molecule has 2 aliphatic rings. The van der Waals surface area contributed by atoms with Crippen molar-refractivity contribution in [2.45, 2.75) is 37.1 Å². The first kappa shape index (κ1) is 15.6. The van der Waals surface area contributed by atoms with Crippen molar-refractivity contribution in [2.24, 2.45) is 0 Å². The Morgan fingerprint density at radius 3 is 2.35 bits per heavy atom. The third-order valence-corrected chi connectivity index (χ3v) is 6.92. The zero-order valence-electron chi connectivity index (χ0n) is 14.4. The summed E-state index contributed by atoms with van der Waals surface area (Å²) in [4.78, 5) is 26.0. The largest absolute Gasteiger partial charge is 0.352 e. The predicted octanol–water partition coefficient (Wildman–Crippen LogP) is 3.34. The first-order valence-electron chi connectivity index (χ1n) is 8.78. The summed E-state index contributed by atoms with van der Waals surface area (Å²) >= 11 is 1.71. The number of para-hydroxylation sites is 1. The molecular formula is C20H19N3O2S. The Morgan fingerprint density at radius 2 is 1.77 bits per heavy atom. The second-order valence-electron chi connectivity index (χ2n) is 7.28. The molecule has 0 aliphatic heterocycles. The molecule has 1 aromatic carbocycles. The van der Waals surface area contributed by atoms with Gasteiger partial charge in [0.25, 0.3) is 0 Å². The van der Waals surface area contributed by atoms with E-state index in [9.17, 15) is 9.59 Å². The van der Waals surface area contributed by atoms with Crippen LogP contribution >= 0.6 is 11.3 Å². The van der Waals surface area contributed by atoms with Gasteiger partial charge in [-0.15, -0.1) is 0 Å². The van der Waals surface area contributed by atoms with Gasteiger partial charge in [-0.05, 0) is 53.8 Å². The van der Waals surface area contributed by atoms with E-state index in [1.165, 1.54) is 15.7 Å². The first-order chi connectivity index (χ1) is 12.6. The Kier molecular flexibility index (Phi) is 3.13. The Hall–Kier alpha value is -2.60. The molecule has 132 valence electrons. The fourth-order valence-corrected chi connectivity index (χ4v) is 6.18. The van der Waals surface area contributed by atoms with Gasteiger partial charge < -0.3 is 0 Å². The van der Waals surface area contributed by atoms with Crippen LogP contribution in [0.2, 0.25) is 0 Å². The highest BCUT2D eigenvalue weighted by Crippen LogP contribution is 2.65. The number of thiophene rings is 1. The van der Waals surface area contributed by atoms with E-state index in [-0.39, 0.29) is 17.5 Å². The van der Waals surface area contributed by atoms with Crippen molar-refractivity contribution in [1.29, 1.82) is 0 Å². The standard InChI is InChI=1S/C20H19N3O2S/c1-12(2)20(16-8-9-17(20)15-11-26-10-14(15)16)23-19(25)22(18(24)21-23)13-6-4-3-5-7-13/h3-7,10-11,16-17H,1,8-9H2,2H3,(H,21,24). The van der Waals surface area contributed by atoms with Gasteiger partial charge in [0.15, 0.2) is 0 Å². The van der Waals surface area contributed by atoms with Gasteiger partial charge in [0, 0.05) is 11.8 Å². The third kappa shape index (κ3) is 1.70. The van der Waals surface area contributed by atoms with Crippen LogP contribution in [0.15, 0.2) is 62.8 Å². The summed E-state index contributed by atoms with van der Waals surface area (Å²) in [5.74, 6) is 0.373.